The molecule has 0 fully saturated rings. The van der Waals surface area contributed by atoms with Crippen LogP contribution in [0.5, 0.6) is 0 Å². The Morgan fingerprint density at radius 2 is 1.88 bits per heavy atom. The van der Waals surface area contributed by atoms with Crippen LogP contribution in [0.3, 0.4) is 0 Å². The first-order valence-electron chi connectivity index (χ1n) is 4.54. The Morgan fingerprint density at radius 3 is 2.50 bits per heavy atom. The van der Waals surface area contributed by atoms with Crippen molar-refractivity contribution < 1.29 is 9.59 Å². The maximum absolute atomic E-state index is 11.6. The predicted octanol–water partition coefficient (Wildman–Crippen LogP) is 2.07. The van der Waals surface area contributed by atoms with E-state index in [4.69, 9.17) is 11.6 Å². The molecule has 0 aromatic heterocycles. The van der Waals surface area contributed by atoms with Crippen LogP contribution in [-0.2, 0) is 9.59 Å². The van der Waals surface area contributed by atoms with Gasteiger partial charge < -0.3 is 0 Å². The summed E-state index contributed by atoms with van der Waals surface area (Å²) >= 11 is 7.25. The third kappa shape index (κ3) is 1.74. The molecule has 0 saturated heterocycles. The summed E-state index contributed by atoms with van der Waals surface area (Å²) in [6, 6.07) is 6.98. The number of nitrogens with one attached hydrogen (secondary N) is 1. The lowest BCUT2D eigenvalue weighted by Crippen LogP contribution is -2.22. The van der Waals surface area contributed by atoms with Crippen LogP contribution in [0.4, 0.5) is 0 Å². The highest BCUT2D eigenvalue weighted by molar-refractivity contribution is 8.03. The summed E-state index contributed by atoms with van der Waals surface area (Å²) in [6.45, 7) is 0. The van der Waals surface area contributed by atoms with Crippen LogP contribution >= 0.6 is 23.4 Å². The Bertz CT molecular complexity index is 510. The molecule has 16 heavy (non-hydrogen) atoms. The molecule has 82 valence electrons. The second-order valence-corrected chi connectivity index (χ2v) is 4.40. The summed E-state index contributed by atoms with van der Waals surface area (Å²) in [6.07, 6.45) is 1.75. The number of hydrogen-bond acceptors (Lipinski definition) is 3. The van der Waals surface area contributed by atoms with Crippen LogP contribution in [0.2, 0.25) is 5.02 Å². The molecule has 2 amide bonds. The average molecular weight is 254 g/mol. The molecule has 0 bridgehead atoms. The number of hydrogen-bond donors (Lipinski definition) is 1. The highest BCUT2D eigenvalue weighted by atomic mass is 35.5. The number of imide groups is 1. The lowest BCUT2D eigenvalue weighted by atomic mass is 10.1. The van der Waals surface area contributed by atoms with E-state index < -0.39 is 0 Å². The van der Waals surface area contributed by atoms with Crippen molar-refractivity contribution in [1.29, 1.82) is 0 Å². The lowest BCUT2D eigenvalue weighted by Gasteiger charge is -2.03. The molecule has 3 nitrogen and oxygen atoms in total. The molecular formula is C11H8ClNO2S. The third-order valence-electron chi connectivity index (χ3n) is 2.23. The highest BCUT2D eigenvalue weighted by Crippen LogP contribution is 2.33. The number of rotatable bonds is 2. The van der Waals surface area contributed by atoms with Crippen molar-refractivity contribution in [3.05, 3.63) is 39.8 Å². The van der Waals surface area contributed by atoms with Gasteiger partial charge in [-0.25, -0.2) is 0 Å². The van der Waals surface area contributed by atoms with Gasteiger partial charge in [0, 0.05) is 10.6 Å². The van der Waals surface area contributed by atoms with Gasteiger partial charge in [0.1, 0.15) is 0 Å². The first kappa shape index (κ1) is 11.2. The fourth-order valence-electron chi connectivity index (χ4n) is 1.54. The monoisotopic (exact) mass is 253 g/mol. The van der Waals surface area contributed by atoms with E-state index in [1.165, 1.54) is 11.8 Å². The number of thioether (sulfide) groups is 1. The third-order valence-corrected chi connectivity index (χ3v) is 3.36. The van der Waals surface area contributed by atoms with Crippen LogP contribution in [0, 0.1) is 0 Å². The molecule has 1 aliphatic heterocycles. The molecule has 1 aliphatic rings. The van der Waals surface area contributed by atoms with E-state index in [1.807, 2.05) is 0 Å². The zero-order valence-electron chi connectivity index (χ0n) is 8.41. The van der Waals surface area contributed by atoms with Crippen LogP contribution in [0.1, 0.15) is 5.56 Å². The van der Waals surface area contributed by atoms with E-state index in [2.05, 4.69) is 5.32 Å². The molecule has 0 spiro atoms. The Balaban J connectivity index is 2.62. The summed E-state index contributed by atoms with van der Waals surface area (Å²) in [7, 11) is 0. The minimum absolute atomic E-state index is 0.354. The van der Waals surface area contributed by atoms with Gasteiger partial charge in [0.05, 0.1) is 10.5 Å². The quantitative estimate of drug-likeness (QED) is 0.821. The number of amides is 2. The number of carbonyl (C=O) groups is 2. The number of halogens is 1. The largest absolute Gasteiger partial charge is 0.288 e. The first-order chi connectivity index (χ1) is 7.65. The van der Waals surface area contributed by atoms with E-state index in [1.54, 1.807) is 30.5 Å². The summed E-state index contributed by atoms with van der Waals surface area (Å²) in [5.41, 5.74) is 0.958. The Morgan fingerprint density at radius 1 is 1.19 bits per heavy atom. The maximum Gasteiger partial charge on any atom is 0.265 e. The Hall–Kier alpha value is -1.26. The maximum atomic E-state index is 11.6. The van der Waals surface area contributed by atoms with Crippen molar-refractivity contribution in [2.24, 2.45) is 0 Å². The Kier molecular flexibility index (Phi) is 3.03. The average Bonchev–Trinajstić information content (AvgIpc) is 2.54. The zero-order chi connectivity index (χ0) is 11.7. The molecule has 0 saturated carbocycles. The van der Waals surface area contributed by atoms with E-state index in [9.17, 15) is 9.59 Å². The normalized spacial score (nSPS) is 15.6. The smallest absolute Gasteiger partial charge is 0.265 e. The SMILES string of the molecule is CSC1=C(c2ccccc2Cl)C(=O)NC1=O. The highest BCUT2D eigenvalue weighted by Gasteiger charge is 2.31. The van der Waals surface area contributed by atoms with Gasteiger partial charge in [-0.3, -0.25) is 14.9 Å². The van der Waals surface area contributed by atoms with E-state index in [-0.39, 0.29) is 11.8 Å². The number of benzene rings is 1. The van der Waals surface area contributed by atoms with E-state index in [0.717, 1.165) is 0 Å². The van der Waals surface area contributed by atoms with Crippen LogP contribution < -0.4 is 5.32 Å². The van der Waals surface area contributed by atoms with Gasteiger partial charge in [0.15, 0.2) is 0 Å². The Labute approximate surface area is 102 Å². The summed E-state index contributed by atoms with van der Waals surface area (Å²) < 4.78 is 0. The molecule has 0 aliphatic carbocycles. The molecule has 0 atom stereocenters. The zero-order valence-corrected chi connectivity index (χ0v) is 9.98. The van der Waals surface area contributed by atoms with Gasteiger partial charge in [-0.05, 0) is 12.3 Å². The van der Waals surface area contributed by atoms with Crippen molar-refractivity contribution in [3.8, 4) is 0 Å². The second-order valence-electron chi connectivity index (χ2n) is 3.17. The standard InChI is InChI=1S/C11H8ClNO2S/c1-16-9-8(10(14)13-11(9)15)6-4-2-3-5-7(6)12/h2-5H,1H3,(H,13,14,15). The van der Waals surface area contributed by atoms with Crippen LogP contribution in [-0.4, -0.2) is 18.1 Å². The van der Waals surface area contributed by atoms with Crippen molar-refractivity contribution in [2.75, 3.05) is 6.26 Å². The molecule has 5 heteroatoms. The lowest BCUT2D eigenvalue weighted by molar-refractivity contribution is -0.123. The van der Waals surface area contributed by atoms with Gasteiger partial charge in [-0.2, -0.15) is 0 Å². The van der Waals surface area contributed by atoms with Gasteiger partial charge in [0.2, 0.25) is 0 Å². The molecule has 1 aromatic rings. The molecule has 1 N–H and O–H groups in total. The molecular weight excluding hydrogens is 246 g/mol. The summed E-state index contributed by atoms with van der Waals surface area (Å²) in [5, 5.41) is 2.73. The predicted molar refractivity (Wildman–Crippen MR) is 65.0 cm³/mol. The fourth-order valence-corrected chi connectivity index (χ4v) is 2.42. The molecule has 1 aromatic carbocycles. The molecule has 1 heterocycles. The van der Waals surface area contributed by atoms with E-state index >= 15 is 0 Å². The minimum atomic E-state index is -0.387. The molecule has 0 unspecified atom stereocenters. The summed E-state index contributed by atoms with van der Waals surface area (Å²) in [5.74, 6) is -0.741. The molecule has 0 radical (unpaired) electrons. The number of carbonyl (C=O) groups excluding carboxylic acids is 2. The van der Waals surface area contributed by atoms with Crippen molar-refractivity contribution in [3.63, 3.8) is 0 Å². The van der Waals surface area contributed by atoms with Crippen molar-refractivity contribution in [2.45, 2.75) is 0 Å². The van der Waals surface area contributed by atoms with Gasteiger partial charge in [-0.1, -0.05) is 29.8 Å². The van der Waals surface area contributed by atoms with Gasteiger partial charge in [0.25, 0.3) is 11.8 Å². The van der Waals surface area contributed by atoms with Crippen molar-refractivity contribution >= 4 is 40.8 Å². The van der Waals surface area contributed by atoms with Gasteiger partial charge >= 0.3 is 0 Å². The molecule has 2 rings (SSSR count). The van der Waals surface area contributed by atoms with Crippen molar-refractivity contribution in [1.82, 2.24) is 5.32 Å². The van der Waals surface area contributed by atoms with Crippen LogP contribution in [0.15, 0.2) is 29.2 Å². The topological polar surface area (TPSA) is 46.2 Å². The van der Waals surface area contributed by atoms with Crippen LogP contribution in [0.25, 0.3) is 5.57 Å². The summed E-state index contributed by atoms with van der Waals surface area (Å²) in [4.78, 5) is 23.5. The van der Waals surface area contributed by atoms with Gasteiger partial charge in [-0.15, -0.1) is 11.8 Å². The fraction of sp³-hybridized carbons (Fsp3) is 0.0909. The second kappa shape index (κ2) is 4.31. The minimum Gasteiger partial charge on any atom is -0.288 e. The van der Waals surface area contributed by atoms with E-state index in [0.29, 0.717) is 21.1 Å². The first-order valence-corrected chi connectivity index (χ1v) is 6.14.